The van der Waals surface area contributed by atoms with E-state index in [0.29, 0.717) is 0 Å². The van der Waals surface area contributed by atoms with E-state index in [1.54, 1.807) is 47.6 Å². The number of halogens is 2. The fraction of sp³-hybridized carbons (Fsp3) is 0.579. The number of alkyl carbamates (subject to hydrolysis) is 1. The molecule has 1 N–H and O–H groups in total. The van der Waals surface area contributed by atoms with Crippen LogP contribution in [0.4, 0.5) is 14.0 Å². The van der Waals surface area contributed by atoms with Crippen LogP contribution in [-0.2, 0) is 15.0 Å². The molecule has 1 saturated heterocycles. The summed E-state index contributed by atoms with van der Waals surface area (Å²) in [4.78, 5) is 26.0. The molecule has 0 aromatic heterocycles. The molecule has 8 heteroatoms. The van der Waals surface area contributed by atoms with E-state index < -0.39 is 34.7 Å². The highest BCUT2D eigenvalue weighted by molar-refractivity contribution is 6.30. The monoisotopic (exact) mass is 400 g/mol. The Morgan fingerprint density at radius 2 is 1.67 bits per heavy atom. The number of nitrogens with zero attached hydrogens (tertiary/aromatic N) is 1. The number of amides is 2. The third-order valence-electron chi connectivity index (χ3n) is 3.78. The zero-order valence-electron chi connectivity index (χ0n) is 16.5. The minimum atomic E-state index is -1.14. The number of benzene rings is 1. The van der Waals surface area contributed by atoms with Gasteiger partial charge < -0.3 is 19.7 Å². The first-order chi connectivity index (χ1) is 12.2. The zero-order valence-corrected chi connectivity index (χ0v) is 17.2. The summed E-state index contributed by atoms with van der Waals surface area (Å²) in [7, 11) is 0. The van der Waals surface area contributed by atoms with Crippen molar-refractivity contribution in [1.82, 2.24) is 10.2 Å². The first-order valence-corrected chi connectivity index (χ1v) is 9.04. The summed E-state index contributed by atoms with van der Waals surface area (Å²) in [6, 6.07) is 4.55. The molecule has 0 atom stereocenters. The standard InChI is InChI=1S/C19H26ClFN2O4/c1-17(2,3)26-15(24)22-19(12-8-7-9-13(20)14(12)21)10-23(11-19)16(25)27-18(4,5)6/h7-9H,10-11H2,1-6H3,(H,22,24). The van der Waals surface area contributed by atoms with Crippen LogP contribution in [-0.4, -0.2) is 41.4 Å². The second kappa shape index (κ2) is 7.19. The molecule has 27 heavy (non-hydrogen) atoms. The van der Waals surface area contributed by atoms with Gasteiger partial charge in [-0.3, -0.25) is 0 Å². The molecule has 2 amide bonds. The van der Waals surface area contributed by atoms with Crippen LogP contribution in [0.3, 0.4) is 0 Å². The molecule has 1 aliphatic heterocycles. The lowest BCUT2D eigenvalue weighted by molar-refractivity contribution is -0.0238. The van der Waals surface area contributed by atoms with Gasteiger partial charge in [0.05, 0.1) is 18.1 Å². The molecule has 0 saturated carbocycles. The van der Waals surface area contributed by atoms with E-state index in [1.807, 2.05) is 0 Å². The average Bonchev–Trinajstić information content (AvgIpc) is 2.41. The van der Waals surface area contributed by atoms with Crippen molar-refractivity contribution >= 4 is 23.8 Å². The van der Waals surface area contributed by atoms with E-state index in [2.05, 4.69) is 5.32 Å². The highest BCUT2D eigenvalue weighted by Crippen LogP contribution is 2.36. The van der Waals surface area contributed by atoms with Gasteiger partial charge in [-0.2, -0.15) is 0 Å². The molecule has 1 aliphatic rings. The molecule has 1 aromatic carbocycles. The van der Waals surface area contributed by atoms with Gasteiger partial charge in [-0.15, -0.1) is 0 Å². The largest absolute Gasteiger partial charge is 0.444 e. The average molecular weight is 401 g/mol. The lowest BCUT2D eigenvalue weighted by Gasteiger charge is -2.50. The van der Waals surface area contributed by atoms with Crippen LogP contribution in [0.2, 0.25) is 5.02 Å². The van der Waals surface area contributed by atoms with Crippen LogP contribution in [0.5, 0.6) is 0 Å². The quantitative estimate of drug-likeness (QED) is 0.796. The second-order valence-electron chi connectivity index (χ2n) is 8.65. The van der Waals surface area contributed by atoms with Crippen LogP contribution in [0.1, 0.15) is 47.1 Å². The Balaban J connectivity index is 2.26. The van der Waals surface area contributed by atoms with Crippen molar-refractivity contribution in [1.29, 1.82) is 0 Å². The number of ether oxygens (including phenoxy) is 2. The number of carbonyl (C=O) groups is 2. The fourth-order valence-electron chi connectivity index (χ4n) is 2.75. The van der Waals surface area contributed by atoms with Crippen LogP contribution < -0.4 is 5.32 Å². The molecule has 0 radical (unpaired) electrons. The van der Waals surface area contributed by atoms with Crippen LogP contribution in [0, 0.1) is 5.82 Å². The predicted molar refractivity (Wildman–Crippen MR) is 100 cm³/mol. The predicted octanol–water partition coefficient (Wildman–Crippen LogP) is 4.45. The summed E-state index contributed by atoms with van der Waals surface area (Å²) < 4.78 is 25.3. The van der Waals surface area contributed by atoms with Gasteiger partial charge in [0, 0.05) is 5.56 Å². The van der Waals surface area contributed by atoms with Crippen molar-refractivity contribution in [3.63, 3.8) is 0 Å². The van der Waals surface area contributed by atoms with E-state index in [-0.39, 0.29) is 23.7 Å². The third kappa shape index (κ3) is 5.25. The maximum absolute atomic E-state index is 14.6. The van der Waals surface area contributed by atoms with Gasteiger partial charge in [-0.1, -0.05) is 23.7 Å². The van der Waals surface area contributed by atoms with E-state index in [1.165, 1.54) is 17.0 Å². The van der Waals surface area contributed by atoms with Crippen LogP contribution in [0.15, 0.2) is 18.2 Å². The maximum atomic E-state index is 14.6. The number of hydrogen-bond acceptors (Lipinski definition) is 4. The highest BCUT2D eigenvalue weighted by atomic mass is 35.5. The number of hydrogen-bond donors (Lipinski definition) is 1. The SMILES string of the molecule is CC(C)(C)OC(=O)NC1(c2cccc(Cl)c2F)CN(C(=O)OC(C)(C)C)C1. The van der Waals surface area contributed by atoms with Crippen molar-refractivity contribution in [3.8, 4) is 0 Å². The number of carbonyl (C=O) groups excluding carboxylic acids is 2. The number of rotatable bonds is 2. The summed E-state index contributed by atoms with van der Waals surface area (Å²) >= 11 is 5.91. The Morgan fingerprint density at radius 3 is 2.19 bits per heavy atom. The molecule has 0 spiro atoms. The molecule has 2 rings (SSSR count). The van der Waals surface area contributed by atoms with Gasteiger partial charge in [-0.05, 0) is 47.6 Å². The van der Waals surface area contributed by atoms with Gasteiger partial charge in [0.2, 0.25) is 0 Å². The molecule has 0 aliphatic carbocycles. The Morgan fingerprint density at radius 1 is 1.11 bits per heavy atom. The maximum Gasteiger partial charge on any atom is 0.410 e. The molecular formula is C19H26ClFN2O4. The minimum Gasteiger partial charge on any atom is -0.444 e. The summed E-state index contributed by atoms with van der Waals surface area (Å²) in [6.07, 6.45) is -1.24. The summed E-state index contributed by atoms with van der Waals surface area (Å²) in [5, 5.41) is 2.65. The van der Waals surface area contributed by atoms with Crippen molar-refractivity contribution in [3.05, 3.63) is 34.6 Å². The molecule has 1 heterocycles. The van der Waals surface area contributed by atoms with Gasteiger partial charge in [-0.25, -0.2) is 14.0 Å². The lowest BCUT2D eigenvalue weighted by Crippen LogP contribution is -2.69. The molecule has 0 unspecified atom stereocenters. The Kier molecular flexibility index (Phi) is 5.66. The highest BCUT2D eigenvalue weighted by Gasteiger charge is 2.51. The van der Waals surface area contributed by atoms with Gasteiger partial charge in [0.25, 0.3) is 0 Å². The number of nitrogens with one attached hydrogen (secondary N) is 1. The zero-order chi connectivity index (χ0) is 20.6. The Bertz CT molecular complexity index is 734. The first-order valence-electron chi connectivity index (χ1n) is 8.66. The van der Waals surface area contributed by atoms with Crippen molar-refractivity contribution in [2.24, 2.45) is 0 Å². The summed E-state index contributed by atoms with van der Waals surface area (Å²) in [5.41, 5.74) is -2.32. The van der Waals surface area contributed by atoms with Gasteiger partial charge in [0.15, 0.2) is 0 Å². The third-order valence-corrected chi connectivity index (χ3v) is 4.07. The first kappa shape index (κ1) is 21.3. The minimum absolute atomic E-state index is 0.0401. The molecule has 6 nitrogen and oxygen atoms in total. The van der Waals surface area contributed by atoms with E-state index in [9.17, 15) is 14.0 Å². The van der Waals surface area contributed by atoms with E-state index in [0.717, 1.165) is 0 Å². The molecule has 1 aromatic rings. The van der Waals surface area contributed by atoms with E-state index >= 15 is 0 Å². The van der Waals surface area contributed by atoms with Gasteiger partial charge >= 0.3 is 12.2 Å². The normalized spacial score (nSPS) is 16.4. The molecule has 1 fully saturated rings. The topological polar surface area (TPSA) is 67.9 Å². The second-order valence-corrected chi connectivity index (χ2v) is 9.05. The Hall–Kier alpha value is -2.02. The van der Waals surface area contributed by atoms with Crippen molar-refractivity contribution in [2.45, 2.75) is 58.3 Å². The summed E-state index contributed by atoms with van der Waals surface area (Å²) in [6.45, 7) is 10.5. The lowest BCUT2D eigenvalue weighted by atomic mass is 9.82. The summed E-state index contributed by atoms with van der Waals surface area (Å²) in [5.74, 6) is -0.640. The van der Waals surface area contributed by atoms with E-state index in [4.69, 9.17) is 21.1 Å². The van der Waals surface area contributed by atoms with Crippen molar-refractivity contribution < 1.29 is 23.5 Å². The Labute approximate surface area is 163 Å². The number of likely N-dealkylation sites (tertiary alicyclic amines) is 1. The smallest absolute Gasteiger partial charge is 0.410 e. The van der Waals surface area contributed by atoms with Gasteiger partial charge in [0.1, 0.15) is 22.6 Å². The molecular weight excluding hydrogens is 375 g/mol. The molecule has 150 valence electrons. The molecule has 0 bridgehead atoms. The van der Waals surface area contributed by atoms with Crippen LogP contribution in [0.25, 0.3) is 0 Å². The fourth-order valence-corrected chi connectivity index (χ4v) is 2.92. The van der Waals surface area contributed by atoms with Crippen molar-refractivity contribution in [2.75, 3.05) is 13.1 Å². The van der Waals surface area contributed by atoms with Crippen LogP contribution >= 0.6 is 11.6 Å².